The maximum Gasteiger partial charge on any atom is 0.339 e. The third kappa shape index (κ3) is 3.27. The lowest BCUT2D eigenvalue weighted by Crippen LogP contribution is -2.46. The molecule has 1 fully saturated rings. The number of para-hydroxylation sites is 1. The summed E-state index contributed by atoms with van der Waals surface area (Å²) in [7, 11) is 1.31. The minimum atomic E-state index is -0.476. The lowest BCUT2D eigenvalue weighted by Gasteiger charge is -2.31. The zero-order valence-electron chi connectivity index (χ0n) is 11.6. The van der Waals surface area contributed by atoms with Gasteiger partial charge in [-0.25, -0.2) is 9.59 Å². The average Bonchev–Trinajstić information content (AvgIpc) is 2.47. The van der Waals surface area contributed by atoms with Crippen LogP contribution in [-0.2, 0) is 9.47 Å². The Morgan fingerprint density at radius 2 is 2.15 bits per heavy atom. The lowest BCUT2D eigenvalue weighted by molar-refractivity contribution is -0.00139. The highest BCUT2D eigenvalue weighted by atomic mass is 16.5. The van der Waals surface area contributed by atoms with E-state index in [1.165, 1.54) is 7.11 Å². The number of morpholine rings is 1. The molecule has 1 aliphatic rings. The molecule has 0 aromatic heterocycles. The van der Waals surface area contributed by atoms with Gasteiger partial charge in [0, 0.05) is 13.1 Å². The molecule has 1 N–H and O–H groups in total. The van der Waals surface area contributed by atoms with Gasteiger partial charge in [-0.1, -0.05) is 12.1 Å². The largest absolute Gasteiger partial charge is 0.465 e. The number of urea groups is 1. The fourth-order valence-corrected chi connectivity index (χ4v) is 2.08. The van der Waals surface area contributed by atoms with Gasteiger partial charge in [0.1, 0.15) is 0 Å². The van der Waals surface area contributed by atoms with E-state index in [9.17, 15) is 9.59 Å². The van der Waals surface area contributed by atoms with Crippen molar-refractivity contribution in [2.75, 3.05) is 32.1 Å². The number of nitrogens with one attached hydrogen (secondary N) is 1. The van der Waals surface area contributed by atoms with Gasteiger partial charge in [-0.05, 0) is 19.1 Å². The number of rotatable bonds is 2. The topological polar surface area (TPSA) is 67.9 Å². The Kier molecular flexibility index (Phi) is 4.57. The van der Waals surface area contributed by atoms with E-state index >= 15 is 0 Å². The molecular formula is C14H18N2O4. The molecule has 1 aromatic carbocycles. The fraction of sp³-hybridized carbons (Fsp3) is 0.429. The molecule has 1 unspecified atom stereocenters. The van der Waals surface area contributed by atoms with Crippen LogP contribution in [0.4, 0.5) is 10.5 Å². The van der Waals surface area contributed by atoms with Crippen molar-refractivity contribution in [3.05, 3.63) is 29.8 Å². The van der Waals surface area contributed by atoms with E-state index in [1.807, 2.05) is 6.92 Å². The molecule has 0 aliphatic carbocycles. The maximum atomic E-state index is 12.2. The average molecular weight is 278 g/mol. The van der Waals surface area contributed by atoms with Crippen LogP contribution < -0.4 is 5.32 Å². The van der Waals surface area contributed by atoms with Gasteiger partial charge in [0.25, 0.3) is 0 Å². The predicted molar refractivity (Wildman–Crippen MR) is 73.8 cm³/mol. The van der Waals surface area contributed by atoms with Crippen molar-refractivity contribution in [3.8, 4) is 0 Å². The first kappa shape index (κ1) is 14.3. The van der Waals surface area contributed by atoms with E-state index in [4.69, 9.17) is 9.47 Å². The van der Waals surface area contributed by atoms with Crippen molar-refractivity contribution in [1.82, 2.24) is 4.90 Å². The molecule has 2 rings (SSSR count). The second-order valence-electron chi connectivity index (χ2n) is 4.59. The third-order valence-corrected chi connectivity index (χ3v) is 3.10. The summed E-state index contributed by atoms with van der Waals surface area (Å²) in [5.41, 5.74) is 0.785. The van der Waals surface area contributed by atoms with E-state index in [1.54, 1.807) is 29.2 Å². The summed E-state index contributed by atoms with van der Waals surface area (Å²) in [6.45, 7) is 3.51. The summed E-state index contributed by atoms with van der Waals surface area (Å²) in [6, 6.07) is 6.52. The molecule has 1 atom stereocenters. The van der Waals surface area contributed by atoms with Crippen LogP contribution in [0, 0.1) is 0 Å². The number of carbonyl (C=O) groups excluding carboxylic acids is 2. The zero-order valence-corrected chi connectivity index (χ0v) is 11.6. The summed E-state index contributed by atoms with van der Waals surface area (Å²) in [5.74, 6) is -0.476. The number of benzene rings is 1. The van der Waals surface area contributed by atoms with Gasteiger partial charge in [0.05, 0.1) is 31.1 Å². The number of nitrogens with zero attached hydrogens (tertiary/aromatic N) is 1. The summed E-state index contributed by atoms with van der Waals surface area (Å²) < 4.78 is 10.1. The third-order valence-electron chi connectivity index (χ3n) is 3.10. The Hall–Kier alpha value is -2.08. The SMILES string of the molecule is COC(=O)c1ccccc1NC(=O)N1CCOC(C)C1. The highest BCUT2D eigenvalue weighted by molar-refractivity contribution is 6.00. The smallest absolute Gasteiger partial charge is 0.339 e. The highest BCUT2D eigenvalue weighted by Gasteiger charge is 2.22. The Morgan fingerprint density at radius 3 is 2.85 bits per heavy atom. The van der Waals surface area contributed by atoms with Crippen LogP contribution in [0.15, 0.2) is 24.3 Å². The molecule has 2 amide bonds. The number of methoxy groups -OCH3 is 1. The predicted octanol–water partition coefficient (Wildman–Crippen LogP) is 1.73. The number of hydrogen-bond donors (Lipinski definition) is 1. The summed E-state index contributed by atoms with van der Waals surface area (Å²) in [6.07, 6.45) is 0.0188. The molecule has 108 valence electrons. The molecule has 0 saturated carbocycles. The van der Waals surface area contributed by atoms with E-state index in [0.717, 1.165) is 0 Å². The van der Waals surface area contributed by atoms with E-state index in [0.29, 0.717) is 30.9 Å². The van der Waals surface area contributed by atoms with Gasteiger partial charge in [-0.3, -0.25) is 0 Å². The highest BCUT2D eigenvalue weighted by Crippen LogP contribution is 2.17. The van der Waals surface area contributed by atoms with Crippen molar-refractivity contribution in [1.29, 1.82) is 0 Å². The molecule has 0 spiro atoms. The maximum absolute atomic E-state index is 12.2. The Bertz CT molecular complexity index is 504. The number of esters is 1. The standard InChI is InChI=1S/C14H18N2O4/c1-10-9-16(7-8-20-10)14(18)15-12-6-4-3-5-11(12)13(17)19-2/h3-6,10H,7-9H2,1-2H3,(H,15,18). The van der Waals surface area contributed by atoms with Crippen LogP contribution in [-0.4, -0.2) is 49.8 Å². The fourth-order valence-electron chi connectivity index (χ4n) is 2.08. The molecule has 1 aliphatic heterocycles. The number of hydrogen-bond acceptors (Lipinski definition) is 4. The molecule has 1 aromatic rings. The van der Waals surface area contributed by atoms with Gasteiger partial charge < -0.3 is 19.7 Å². The Morgan fingerprint density at radius 1 is 1.40 bits per heavy atom. The van der Waals surface area contributed by atoms with Crippen LogP contribution in [0.1, 0.15) is 17.3 Å². The first-order valence-electron chi connectivity index (χ1n) is 6.46. The van der Waals surface area contributed by atoms with Crippen LogP contribution in [0.2, 0.25) is 0 Å². The minimum absolute atomic E-state index is 0.0188. The van der Waals surface area contributed by atoms with Crippen molar-refractivity contribution in [2.45, 2.75) is 13.0 Å². The summed E-state index contributed by atoms with van der Waals surface area (Å²) in [4.78, 5) is 25.5. The van der Waals surface area contributed by atoms with Gasteiger partial charge in [0.2, 0.25) is 0 Å². The van der Waals surface area contributed by atoms with Crippen molar-refractivity contribution in [3.63, 3.8) is 0 Å². The number of amides is 2. The second-order valence-corrected chi connectivity index (χ2v) is 4.59. The van der Waals surface area contributed by atoms with Gasteiger partial charge in [-0.15, -0.1) is 0 Å². The molecule has 0 radical (unpaired) electrons. The zero-order chi connectivity index (χ0) is 14.5. The Balaban J connectivity index is 2.09. The van der Waals surface area contributed by atoms with Crippen molar-refractivity contribution >= 4 is 17.7 Å². The molecule has 6 heteroatoms. The van der Waals surface area contributed by atoms with Gasteiger partial charge >= 0.3 is 12.0 Å². The van der Waals surface area contributed by atoms with Crippen LogP contribution in [0.5, 0.6) is 0 Å². The van der Waals surface area contributed by atoms with E-state index in [2.05, 4.69) is 5.32 Å². The molecule has 1 saturated heterocycles. The second kappa shape index (κ2) is 6.38. The first-order chi connectivity index (χ1) is 9.61. The van der Waals surface area contributed by atoms with Gasteiger partial charge in [0.15, 0.2) is 0 Å². The normalized spacial score (nSPS) is 18.5. The summed E-state index contributed by atoms with van der Waals surface area (Å²) >= 11 is 0. The van der Waals surface area contributed by atoms with E-state index < -0.39 is 5.97 Å². The quantitative estimate of drug-likeness (QED) is 0.836. The lowest BCUT2D eigenvalue weighted by atomic mass is 10.2. The first-order valence-corrected chi connectivity index (χ1v) is 6.46. The van der Waals surface area contributed by atoms with Crippen LogP contribution >= 0.6 is 0 Å². The molecule has 20 heavy (non-hydrogen) atoms. The van der Waals surface area contributed by atoms with Crippen molar-refractivity contribution < 1.29 is 19.1 Å². The number of ether oxygens (including phenoxy) is 2. The number of anilines is 1. The minimum Gasteiger partial charge on any atom is -0.465 e. The van der Waals surface area contributed by atoms with Gasteiger partial charge in [-0.2, -0.15) is 0 Å². The summed E-state index contributed by atoms with van der Waals surface area (Å²) in [5, 5.41) is 2.75. The van der Waals surface area contributed by atoms with Crippen molar-refractivity contribution in [2.24, 2.45) is 0 Å². The molecule has 0 bridgehead atoms. The molecule has 1 heterocycles. The van der Waals surface area contributed by atoms with Crippen LogP contribution in [0.25, 0.3) is 0 Å². The van der Waals surface area contributed by atoms with E-state index in [-0.39, 0.29) is 12.1 Å². The Labute approximate surface area is 117 Å². The number of carbonyl (C=O) groups is 2. The monoisotopic (exact) mass is 278 g/mol. The van der Waals surface area contributed by atoms with Crippen LogP contribution in [0.3, 0.4) is 0 Å². The molecule has 6 nitrogen and oxygen atoms in total. The molecular weight excluding hydrogens is 260 g/mol.